The van der Waals surface area contributed by atoms with Gasteiger partial charge >= 0.3 is 0 Å². The van der Waals surface area contributed by atoms with Crippen LogP contribution in [0.25, 0.3) is 0 Å². The first kappa shape index (κ1) is 28.2. The predicted octanol–water partition coefficient (Wildman–Crippen LogP) is 8.26. The second-order valence-electron chi connectivity index (χ2n) is 10.7. The molecule has 2 amide bonds. The van der Waals surface area contributed by atoms with Gasteiger partial charge in [0.1, 0.15) is 5.75 Å². The van der Waals surface area contributed by atoms with Gasteiger partial charge in [0.05, 0.1) is 13.2 Å². The van der Waals surface area contributed by atoms with E-state index in [9.17, 15) is 9.59 Å². The van der Waals surface area contributed by atoms with Gasteiger partial charge in [0.15, 0.2) is 0 Å². The molecule has 1 heterocycles. The van der Waals surface area contributed by atoms with E-state index < -0.39 is 0 Å². The molecule has 0 spiro atoms. The van der Waals surface area contributed by atoms with Gasteiger partial charge in [-0.3, -0.25) is 9.59 Å². The first-order valence-corrected chi connectivity index (χ1v) is 14.6. The lowest BCUT2D eigenvalue weighted by atomic mass is 9.89. The Balaban J connectivity index is 1.51. The number of amides is 2. The molecule has 0 aliphatic carbocycles. The van der Waals surface area contributed by atoms with Crippen LogP contribution in [0.2, 0.25) is 0 Å². The van der Waals surface area contributed by atoms with Crippen molar-refractivity contribution in [2.45, 2.75) is 58.0 Å². The summed E-state index contributed by atoms with van der Waals surface area (Å²) in [6, 6.07) is 32.7. The van der Waals surface area contributed by atoms with Crippen LogP contribution in [-0.4, -0.2) is 25.0 Å². The molecular formula is C36H38N2O3. The second-order valence-corrected chi connectivity index (χ2v) is 10.7. The Morgan fingerprint density at radius 2 is 1.49 bits per heavy atom. The maximum absolute atomic E-state index is 14.3. The minimum Gasteiger partial charge on any atom is -0.497 e. The molecular weight excluding hydrogens is 508 g/mol. The number of methoxy groups -OCH3 is 1. The fourth-order valence-corrected chi connectivity index (χ4v) is 5.77. The molecule has 4 aromatic rings. The normalized spacial score (nSPS) is 16.1. The number of carbonyl (C=O) groups excluding carboxylic acids is 2. The van der Waals surface area contributed by atoms with E-state index >= 15 is 0 Å². The van der Waals surface area contributed by atoms with Gasteiger partial charge < -0.3 is 14.5 Å². The summed E-state index contributed by atoms with van der Waals surface area (Å²) in [5.74, 6) is 0.597. The van der Waals surface area contributed by atoms with E-state index in [1.165, 1.54) is 18.4 Å². The number of benzene rings is 4. The number of hydrogen-bond acceptors (Lipinski definition) is 3. The Morgan fingerprint density at radius 3 is 2.17 bits per heavy atom. The van der Waals surface area contributed by atoms with Crippen molar-refractivity contribution < 1.29 is 14.3 Å². The van der Waals surface area contributed by atoms with Gasteiger partial charge in [-0.05, 0) is 91.9 Å². The molecule has 4 aromatic carbocycles. The molecule has 0 aromatic heterocycles. The molecule has 5 nitrogen and oxygen atoms in total. The van der Waals surface area contributed by atoms with Crippen molar-refractivity contribution in [1.29, 1.82) is 0 Å². The maximum atomic E-state index is 14.3. The molecule has 5 heteroatoms. The standard InChI is InChI=1S/C36H38N2O3/c1-4-5-7-12-27-17-19-28(20-18-27)36(40)38(30-13-8-6-9-14-30)34-25-26(2)37(33-16-11-10-15-32(33)34)35(39)29-21-23-31(41-3)24-22-29/h6,8-11,13-24,26,34H,4-5,7,12,25H2,1-3H3/t26-,34+/m0/s1. The van der Waals surface area contributed by atoms with Gasteiger partial charge in [0, 0.05) is 28.5 Å². The maximum Gasteiger partial charge on any atom is 0.258 e. The van der Waals surface area contributed by atoms with Gasteiger partial charge in [0.25, 0.3) is 11.8 Å². The van der Waals surface area contributed by atoms with Crippen LogP contribution in [0.3, 0.4) is 0 Å². The van der Waals surface area contributed by atoms with Gasteiger partial charge in [-0.15, -0.1) is 0 Å². The SMILES string of the molecule is CCCCCc1ccc(C(=O)N(c2ccccc2)[C@@H]2C[C@H](C)N(C(=O)c3ccc(OC)cc3)c3ccccc32)cc1. The van der Waals surface area contributed by atoms with Crippen LogP contribution in [0.4, 0.5) is 11.4 Å². The van der Waals surface area contributed by atoms with Gasteiger partial charge in [-0.2, -0.15) is 0 Å². The van der Waals surface area contributed by atoms with Crippen LogP contribution in [0.5, 0.6) is 5.75 Å². The Bertz CT molecular complexity index is 1470. The van der Waals surface area contributed by atoms with E-state index in [4.69, 9.17) is 4.74 Å². The van der Waals surface area contributed by atoms with Crippen molar-refractivity contribution in [3.8, 4) is 5.75 Å². The number of carbonyl (C=O) groups is 2. The van der Waals surface area contributed by atoms with E-state index in [1.54, 1.807) is 31.4 Å². The summed E-state index contributed by atoms with van der Waals surface area (Å²) in [7, 11) is 1.61. The summed E-state index contributed by atoms with van der Waals surface area (Å²) in [5, 5.41) is 0. The molecule has 0 unspecified atom stereocenters. The van der Waals surface area contributed by atoms with Crippen molar-refractivity contribution in [2.75, 3.05) is 16.9 Å². The molecule has 1 aliphatic rings. The molecule has 0 radical (unpaired) electrons. The lowest BCUT2D eigenvalue weighted by Crippen LogP contribution is -2.47. The highest BCUT2D eigenvalue weighted by molar-refractivity contribution is 6.09. The molecule has 1 aliphatic heterocycles. The monoisotopic (exact) mass is 546 g/mol. The molecule has 41 heavy (non-hydrogen) atoms. The van der Waals surface area contributed by atoms with E-state index in [1.807, 2.05) is 76.5 Å². The van der Waals surface area contributed by atoms with Crippen LogP contribution < -0.4 is 14.5 Å². The third kappa shape index (κ3) is 6.04. The highest BCUT2D eigenvalue weighted by Gasteiger charge is 2.39. The van der Waals surface area contributed by atoms with E-state index in [-0.39, 0.29) is 23.9 Å². The van der Waals surface area contributed by atoms with Gasteiger partial charge in [-0.1, -0.05) is 68.3 Å². The Labute approximate surface area is 243 Å². The van der Waals surface area contributed by atoms with E-state index in [2.05, 4.69) is 26.0 Å². The first-order valence-electron chi connectivity index (χ1n) is 14.6. The van der Waals surface area contributed by atoms with Crippen LogP contribution in [0.15, 0.2) is 103 Å². The fraction of sp³-hybridized carbons (Fsp3) is 0.278. The number of aryl methyl sites for hydroxylation is 1. The zero-order chi connectivity index (χ0) is 28.8. The molecule has 0 saturated heterocycles. The number of unbranched alkanes of at least 4 members (excludes halogenated alkanes) is 2. The summed E-state index contributed by atoms with van der Waals surface area (Å²) in [4.78, 5) is 31.8. The van der Waals surface area contributed by atoms with Crippen LogP contribution >= 0.6 is 0 Å². The summed E-state index contributed by atoms with van der Waals surface area (Å²) >= 11 is 0. The molecule has 210 valence electrons. The molecule has 0 bridgehead atoms. The second kappa shape index (κ2) is 12.9. The Hall–Kier alpha value is -4.38. The minimum absolute atomic E-state index is 0.0433. The molecule has 2 atom stereocenters. The molecule has 0 fully saturated rings. The zero-order valence-electron chi connectivity index (χ0n) is 24.1. The third-order valence-corrected chi connectivity index (χ3v) is 7.95. The highest BCUT2D eigenvalue weighted by atomic mass is 16.5. The average molecular weight is 547 g/mol. The number of rotatable bonds is 9. The number of anilines is 2. The summed E-state index contributed by atoms with van der Waals surface area (Å²) in [6.45, 7) is 4.27. The number of para-hydroxylation sites is 2. The van der Waals surface area contributed by atoms with Crippen molar-refractivity contribution in [1.82, 2.24) is 0 Å². The lowest BCUT2D eigenvalue weighted by Gasteiger charge is -2.43. The van der Waals surface area contributed by atoms with Crippen molar-refractivity contribution in [3.63, 3.8) is 0 Å². The first-order chi connectivity index (χ1) is 20.0. The topological polar surface area (TPSA) is 49.9 Å². The fourth-order valence-electron chi connectivity index (χ4n) is 5.77. The number of nitrogens with zero attached hydrogens (tertiary/aromatic N) is 2. The van der Waals surface area contributed by atoms with Crippen LogP contribution in [0.1, 0.15) is 77.4 Å². The molecule has 0 saturated carbocycles. The Kier molecular flexibility index (Phi) is 8.83. The number of hydrogen-bond donors (Lipinski definition) is 0. The summed E-state index contributed by atoms with van der Waals surface area (Å²) in [6.07, 6.45) is 5.18. The summed E-state index contributed by atoms with van der Waals surface area (Å²) in [5.41, 5.74) is 5.14. The smallest absolute Gasteiger partial charge is 0.258 e. The third-order valence-electron chi connectivity index (χ3n) is 7.95. The summed E-state index contributed by atoms with van der Waals surface area (Å²) < 4.78 is 5.28. The highest BCUT2D eigenvalue weighted by Crippen LogP contribution is 2.43. The minimum atomic E-state index is -0.236. The van der Waals surface area contributed by atoms with E-state index in [0.29, 0.717) is 23.3 Å². The van der Waals surface area contributed by atoms with Crippen molar-refractivity contribution in [3.05, 3.63) is 125 Å². The van der Waals surface area contributed by atoms with Crippen molar-refractivity contribution in [2.24, 2.45) is 0 Å². The lowest BCUT2D eigenvalue weighted by molar-refractivity contribution is 0.0965. The number of ether oxygens (including phenoxy) is 1. The van der Waals surface area contributed by atoms with Gasteiger partial charge in [0.2, 0.25) is 0 Å². The van der Waals surface area contributed by atoms with Crippen LogP contribution in [-0.2, 0) is 6.42 Å². The molecule has 5 rings (SSSR count). The van der Waals surface area contributed by atoms with Gasteiger partial charge in [-0.25, -0.2) is 0 Å². The Morgan fingerprint density at radius 1 is 0.829 bits per heavy atom. The zero-order valence-corrected chi connectivity index (χ0v) is 24.1. The van der Waals surface area contributed by atoms with Crippen molar-refractivity contribution >= 4 is 23.2 Å². The van der Waals surface area contributed by atoms with Crippen LogP contribution in [0, 0.1) is 0 Å². The number of fused-ring (bicyclic) bond motifs is 1. The quantitative estimate of drug-likeness (QED) is 0.199. The average Bonchev–Trinajstić information content (AvgIpc) is 3.02. The largest absolute Gasteiger partial charge is 0.497 e. The predicted molar refractivity (Wildman–Crippen MR) is 166 cm³/mol. The van der Waals surface area contributed by atoms with E-state index in [0.717, 1.165) is 29.8 Å². The molecule has 0 N–H and O–H groups in total.